The number of thioether (sulfide) groups is 1. The molecule has 5 rings (SSSR count). The van der Waals surface area contributed by atoms with Crippen molar-refractivity contribution in [2.75, 3.05) is 0 Å². The van der Waals surface area contributed by atoms with E-state index in [9.17, 15) is 4.79 Å². The predicted octanol–water partition coefficient (Wildman–Crippen LogP) is 6.98. The molecule has 0 radical (unpaired) electrons. The first-order chi connectivity index (χ1) is 15.4. The van der Waals surface area contributed by atoms with Crippen LogP contribution in [0.2, 0.25) is 10.0 Å². The Morgan fingerprint density at radius 3 is 2.59 bits per heavy atom. The molecule has 9 heteroatoms. The molecule has 0 atom stereocenters. The maximum absolute atomic E-state index is 13.5. The molecule has 0 saturated carbocycles. The number of nitrogens with zero attached hydrogens (tertiary/aromatic N) is 4. The van der Waals surface area contributed by atoms with Gasteiger partial charge >= 0.3 is 0 Å². The number of aromatic nitrogens is 4. The Morgan fingerprint density at radius 2 is 1.84 bits per heavy atom. The quantitative estimate of drug-likeness (QED) is 0.193. The lowest BCUT2D eigenvalue weighted by atomic mass is 10.2. The highest BCUT2D eigenvalue weighted by Gasteiger charge is 2.19. The minimum atomic E-state index is -0.197. The molecule has 0 spiro atoms. The van der Waals surface area contributed by atoms with Crippen molar-refractivity contribution in [3.8, 4) is 5.69 Å². The average molecular weight is 501 g/mol. The molecule has 3 aromatic heterocycles. The van der Waals surface area contributed by atoms with Gasteiger partial charge in [-0.25, -0.2) is 9.97 Å². The van der Waals surface area contributed by atoms with E-state index in [-0.39, 0.29) is 11.6 Å². The zero-order valence-electron chi connectivity index (χ0n) is 17.3. The van der Waals surface area contributed by atoms with Crippen LogP contribution < -0.4 is 5.56 Å². The normalized spacial score (nSPS) is 11.8. The molecule has 0 bridgehead atoms. The number of halogens is 2. The van der Waals surface area contributed by atoms with Gasteiger partial charge in [0, 0.05) is 26.5 Å². The van der Waals surface area contributed by atoms with Gasteiger partial charge in [-0.1, -0.05) is 35.0 Å². The number of hydrogen-bond donors (Lipinski definition) is 0. The largest absolute Gasteiger partial charge is 0.312 e. The standard InChI is InChI=1S/C23H18Cl2N4OS2/c1-13(2)28-12-26-20-21(28)27-23(29(22(20)30)17-6-3-15(24)4-7-17)32-11-14-10-31-19-8-5-16(25)9-18(14)19/h3-10,12-13H,11H2,1-2H3. The van der Waals surface area contributed by atoms with Crippen molar-refractivity contribution in [3.05, 3.63) is 80.1 Å². The molecule has 0 N–H and O–H groups in total. The third-order valence-corrected chi connectivity index (χ3v) is 7.67. The van der Waals surface area contributed by atoms with Crippen LogP contribution in [0.3, 0.4) is 0 Å². The molecule has 0 aliphatic rings. The van der Waals surface area contributed by atoms with Gasteiger partial charge in [0.15, 0.2) is 16.3 Å². The topological polar surface area (TPSA) is 52.7 Å². The summed E-state index contributed by atoms with van der Waals surface area (Å²) in [6.07, 6.45) is 1.68. The van der Waals surface area contributed by atoms with Gasteiger partial charge in [-0.3, -0.25) is 9.36 Å². The third kappa shape index (κ3) is 3.83. The number of benzene rings is 2. The van der Waals surface area contributed by atoms with Gasteiger partial charge in [0.05, 0.1) is 12.0 Å². The lowest BCUT2D eigenvalue weighted by Crippen LogP contribution is -2.22. The molecular formula is C23H18Cl2N4OS2. The van der Waals surface area contributed by atoms with Crippen molar-refractivity contribution >= 4 is 67.6 Å². The van der Waals surface area contributed by atoms with Gasteiger partial charge in [0.1, 0.15) is 0 Å². The lowest BCUT2D eigenvalue weighted by Gasteiger charge is -2.13. The van der Waals surface area contributed by atoms with Crippen LogP contribution in [-0.2, 0) is 5.75 Å². The summed E-state index contributed by atoms with van der Waals surface area (Å²) in [5.74, 6) is 0.654. The highest BCUT2D eigenvalue weighted by molar-refractivity contribution is 7.98. The van der Waals surface area contributed by atoms with Crippen LogP contribution in [0.25, 0.3) is 26.9 Å². The summed E-state index contributed by atoms with van der Waals surface area (Å²) < 4.78 is 4.72. The summed E-state index contributed by atoms with van der Waals surface area (Å²) in [4.78, 5) is 22.7. The van der Waals surface area contributed by atoms with Gasteiger partial charge in [-0.2, -0.15) is 0 Å². The van der Waals surface area contributed by atoms with Gasteiger partial charge in [0.25, 0.3) is 5.56 Å². The second-order valence-corrected chi connectivity index (χ2v) is 10.3. The molecule has 5 nitrogen and oxygen atoms in total. The fourth-order valence-corrected chi connectivity index (χ4v) is 5.89. The molecule has 5 aromatic rings. The van der Waals surface area contributed by atoms with E-state index in [2.05, 4.69) is 10.4 Å². The van der Waals surface area contributed by atoms with E-state index in [0.29, 0.717) is 37.8 Å². The Bertz CT molecular complexity index is 1500. The van der Waals surface area contributed by atoms with Crippen molar-refractivity contribution in [2.45, 2.75) is 30.8 Å². The Balaban J connectivity index is 1.64. The molecule has 0 amide bonds. The highest BCUT2D eigenvalue weighted by Crippen LogP contribution is 2.33. The van der Waals surface area contributed by atoms with Crippen LogP contribution in [0.4, 0.5) is 0 Å². The number of imidazole rings is 1. The first-order valence-electron chi connectivity index (χ1n) is 9.96. The molecule has 0 saturated heterocycles. The minimum Gasteiger partial charge on any atom is -0.312 e. The van der Waals surface area contributed by atoms with Crippen LogP contribution in [0, 0.1) is 0 Å². The third-order valence-electron chi connectivity index (χ3n) is 5.18. The Morgan fingerprint density at radius 1 is 1.09 bits per heavy atom. The van der Waals surface area contributed by atoms with Crippen molar-refractivity contribution in [3.63, 3.8) is 0 Å². The molecule has 2 aromatic carbocycles. The number of rotatable bonds is 5. The maximum Gasteiger partial charge on any atom is 0.286 e. The van der Waals surface area contributed by atoms with Crippen molar-refractivity contribution < 1.29 is 0 Å². The molecule has 0 unspecified atom stereocenters. The van der Waals surface area contributed by atoms with Gasteiger partial charge in [-0.15, -0.1) is 11.3 Å². The summed E-state index contributed by atoms with van der Waals surface area (Å²) in [6, 6.07) is 13.2. The molecule has 162 valence electrons. The summed E-state index contributed by atoms with van der Waals surface area (Å²) in [5, 5.41) is 5.18. The smallest absolute Gasteiger partial charge is 0.286 e. The fraction of sp³-hybridized carbons (Fsp3) is 0.174. The first kappa shape index (κ1) is 21.5. The van der Waals surface area contributed by atoms with E-state index >= 15 is 0 Å². The summed E-state index contributed by atoms with van der Waals surface area (Å²) in [7, 11) is 0. The van der Waals surface area contributed by atoms with Crippen LogP contribution >= 0.6 is 46.3 Å². The number of thiophene rings is 1. The SMILES string of the molecule is CC(C)n1cnc2c(=O)n(-c3ccc(Cl)cc3)c(SCc3csc4ccc(Cl)cc34)nc21. The van der Waals surface area contributed by atoms with Crippen LogP contribution in [0.15, 0.2) is 64.1 Å². The first-order valence-corrected chi connectivity index (χ1v) is 12.6. The van der Waals surface area contributed by atoms with Gasteiger partial charge in [0.2, 0.25) is 0 Å². The predicted molar refractivity (Wildman–Crippen MR) is 135 cm³/mol. The van der Waals surface area contributed by atoms with Gasteiger partial charge < -0.3 is 4.57 Å². The Labute approximate surface area is 202 Å². The number of hydrogen-bond acceptors (Lipinski definition) is 5. The van der Waals surface area contributed by atoms with E-state index < -0.39 is 0 Å². The lowest BCUT2D eigenvalue weighted by molar-refractivity contribution is 0.609. The van der Waals surface area contributed by atoms with Crippen molar-refractivity contribution in [2.24, 2.45) is 0 Å². The summed E-state index contributed by atoms with van der Waals surface area (Å²) in [5.41, 5.74) is 2.61. The Kier molecular flexibility index (Phi) is 5.75. The minimum absolute atomic E-state index is 0.138. The van der Waals surface area contributed by atoms with E-state index in [0.717, 1.165) is 10.9 Å². The van der Waals surface area contributed by atoms with Crippen LogP contribution in [-0.4, -0.2) is 19.1 Å². The molecular weight excluding hydrogens is 483 g/mol. The average Bonchev–Trinajstić information content (AvgIpc) is 3.37. The molecule has 3 heterocycles. The second kappa shape index (κ2) is 8.56. The number of fused-ring (bicyclic) bond motifs is 2. The highest BCUT2D eigenvalue weighted by atomic mass is 35.5. The van der Waals surface area contributed by atoms with Crippen LogP contribution in [0.5, 0.6) is 0 Å². The van der Waals surface area contributed by atoms with Gasteiger partial charge in [-0.05, 0) is 72.6 Å². The van der Waals surface area contributed by atoms with E-state index in [4.69, 9.17) is 28.2 Å². The second-order valence-electron chi connectivity index (χ2n) is 7.62. The molecule has 32 heavy (non-hydrogen) atoms. The van der Waals surface area contributed by atoms with Crippen molar-refractivity contribution in [1.82, 2.24) is 19.1 Å². The fourth-order valence-electron chi connectivity index (χ4n) is 3.55. The monoisotopic (exact) mass is 500 g/mol. The Hall–Kier alpha value is -2.32. The molecule has 0 aliphatic carbocycles. The summed E-state index contributed by atoms with van der Waals surface area (Å²) >= 11 is 15.5. The molecule has 0 fully saturated rings. The zero-order valence-corrected chi connectivity index (χ0v) is 20.4. The van der Waals surface area contributed by atoms with E-state index in [1.54, 1.807) is 34.4 Å². The van der Waals surface area contributed by atoms with Crippen LogP contribution in [0.1, 0.15) is 25.5 Å². The molecule has 0 aliphatic heterocycles. The van der Waals surface area contributed by atoms with E-state index in [1.807, 2.05) is 48.7 Å². The maximum atomic E-state index is 13.5. The van der Waals surface area contributed by atoms with Crippen molar-refractivity contribution in [1.29, 1.82) is 0 Å². The summed E-state index contributed by atoms with van der Waals surface area (Å²) in [6.45, 7) is 4.09. The zero-order chi connectivity index (χ0) is 22.4. The van der Waals surface area contributed by atoms with E-state index in [1.165, 1.54) is 16.5 Å².